The first-order valence-electron chi connectivity index (χ1n) is 5.66. The molecule has 102 valence electrons. The Morgan fingerprint density at radius 3 is 3.05 bits per heavy atom. The minimum absolute atomic E-state index is 0.0362. The van der Waals surface area contributed by atoms with Crippen molar-refractivity contribution in [2.75, 3.05) is 11.9 Å². The maximum atomic E-state index is 11.6. The molecular weight excluding hydrogens is 290 g/mol. The number of rotatable bonds is 5. The zero-order chi connectivity index (χ0) is 13.8. The maximum absolute atomic E-state index is 11.6. The molecule has 2 heterocycles. The second kappa shape index (κ2) is 5.98. The van der Waals surface area contributed by atoms with E-state index in [9.17, 15) is 9.59 Å². The van der Waals surface area contributed by atoms with Crippen molar-refractivity contribution in [3.63, 3.8) is 0 Å². The molecule has 0 radical (unpaired) electrons. The molecule has 2 rings (SSSR count). The quantitative estimate of drug-likeness (QED) is 0.856. The number of hydrogen-bond donors (Lipinski definition) is 2. The van der Waals surface area contributed by atoms with Gasteiger partial charge in [0, 0.05) is 24.3 Å². The molecule has 0 amide bonds. The van der Waals surface area contributed by atoms with Crippen molar-refractivity contribution in [1.29, 1.82) is 0 Å². The van der Waals surface area contributed by atoms with Gasteiger partial charge in [0.05, 0.1) is 6.54 Å². The van der Waals surface area contributed by atoms with Crippen molar-refractivity contribution in [3.8, 4) is 0 Å². The van der Waals surface area contributed by atoms with Gasteiger partial charge in [-0.15, -0.1) is 5.10 Å². The van der Waals surface area contributed by atoms with Gasteiger partial charge in [-0.05, 0) is 6.42 Å². The molecule has 0 saturated heterocycles. The normalized spacial score (nSPS) is 10.6. The maximum Gasteiger partial charge on any atom is 0.328 e. The van der Waals surface area contributed by atoms with Crippen molar-refractivity contribution in [3.05, 3.63) is 37.8 Å². The van der Waals surface area contributed by atoms with Gasteiger partial charge in [-0.1, -0.05) is 23.0 Å². The van der Waals surface area contributed by atoms with Gasteiger partial charge in [0.15, 0.2) is 0 Å². The molecule has 0 bridgehead atoms. The molecule has 0 aliphatic carbocycles. The van der Waals surface area contributed by atoms with E-state index in [0.717, 1.165) is 18.0 Å². The third-order valence-electron chi connectivity index (χ3n) is 2.38. The van der Waals surface area contributed by atoms with Crippen molar-refractivity contribution in [2.45, 2.75) is 19.9 Å². The Balaban J connectivity index is 2.27. The lowest BCUT2D eigenvalue weighted by Crippen LogP contribution is -2.30. The number of H-pyrrole nitrogens is 1. The van der Waals surface area contributed by atoms with E-state index in [4.69, 9.17) is 11.6 Å². The highest BCUT2D eigenvalue weighted by atomic mass is 35.5. The van der Waals surface area contributed by atoms with Gasteiger partial charge < -0.3 is 5.32 Å². The number of nitrogens with one attached hydrogen (secondary N) is 2. The zero-order valence-electron chi connectivity index (χ0n) is 10.1. The number of hydrogen-bond acceptors (Lipinski definition) is 6. The lowest BCUT2D eigenvalue weighted by Gasteiger charge is -2.05. The van der Waals surface area contributed by atoms with Crippen LogP contribution in [0.15, 0.2) is 15.8 Å². The SMILES string of the molecule is CCCNc1snnc1Cn1cc(Cl)c(=O)[nH]c1=O. The summed E-state index contributed by atoms with van der Waals surface area (Å²) in [5, 5.41) is 7.93. The fraction of sp³-hybridized carbons (Fsp3) is 0.400. The first-order valence-corrected chi connectivity index (χ1v) is 6.81. The van der Waals surface area contributed by atoms with Gasteiger partial charge >= 0.3 is 5.69 Å². The molecule has 0 spiro atoms. The molecule has 0 aromatic carbocycles. The summed E-state index contributed by atoms with van der Waals surface area (Å²) >= 11 is 6.93. The number of halogens is 1. The molecule has 2 aromatic rings. The summed E-state index contributed by atoms with van der Waals surface area (Å²) in [5.41, 5.74) is -0.476. The smallest absolute Gasteiger partial charge is 0.328 e. The van der Waals surface area contributed by atoms with Crippen LogP contribution in [0.4, 0.5) is 5.00 Å². The molecule has 7 nitrogen and oxygen atoms in total. The fourth-order valence-electron chi connectivity index (χ4n) is 1.45. The number of aromatic amines is 1. The van der Waals surface area contributed by atoms with E-state index < -0.39 is 11.2 Å². The average molecular weight is 302 g/mol. The highest BCUT2D eigenvalue weighted by Gasteiger charge is 2.10. The van der Waals surface area contributed by atoms with E-state index in [1.807, 2.05) is 6.92 Å². The van der Waals surface area contributed by atoms with Crippen LogP contribution in [0.2, 0.25) is 5.02 Å². The van der Waals surface area contributed by atoms with Crippen LogP contribution in [0.1, 0.15) is 19.0 Å². The first kappa shape index (κ1) is 13.8. The second-order valence-corrected chi connectivity index (χ2v) is 5.00. The van der Waals surface area contributed by atoms with Gasteiger partial charge in [0.1, 0.15) is 15.7 Å². The Morgan fingerprint density at radius 2 is 2.32 bits per heavy atom. The predicted molar refractivity (Wildman–Crippen MR) is 74.1 cm³/mol. The third-order valence-corrected chi connectivity index (χ3v) is 3.37. The molecule has 2 N–H and O–H groups in total. The van der Waals surface area contributed by atoms with Crippen LogP contribution in [-0.4, -0.2) is 25.7 Å². The topological polar surface area (TPSA) is 92.7 Å². The van der Waals surface area contributed by atoms with Crippen LogP contribution in [0.5, 0.6) is 0 Å². The van der Waals surface area contributed by atoms with E-state index >= 15 is 0 Å². The minimum atomic E-state index is -0.594. The van der Waals surface area contributed by atoms with Gasteiger partial charge in [-0.2, -0.15) is 0 Å². The van der Waals surface area contributed by atoms with Gasteiger partial charge in [-0.3, -0.25) is 14.3 Å². The van der Waals surface area contributed by atoms with E-state index in [1.165, 1.54) is 22.3 Å². The van der Waals surface area contributed by atoms with E-state index in [0.29, 0.717) is 5.69 Å². The van der Waals surface area contributed by atoms with Crippen LogP contribution in [0.3, 0.4) is 0 Å². The Hall–Kier alpha value is -1.67. The van der Waals surface area contributed by atoms with Crippen molar-refractivity contribution >= 4 is 28.1 Å². The minimum Gasteiger partial charge on any atom is -0.374 e. The van der Waals surface area contributed by atoms with E-state index in [-0.39, 0.29) is 11.6 Å². The molecule has 2 aromatic heterocycles. The molecule has 0 unspecified atom stereocenters. The molecule has 0 aliphatic heterocycles. The van der Waals surface area contributed by atoms with E-state index in [2.05, 4.69) is 19.9 Å². The Bertz CT molecular complexity index is 677. The summed E-state index contributed by atoms with van der Waals surface area (Å²) in [4.78, 5) is 24.9. The predicted octanol–water partition coefficient (Wildman–Crippen LogP) is 0.912. The van der Waals surface area contributed by atoms with Crippen LogP contribution >= 0.6 is 23.1 Å². The fourth-order valence-corrected chi connectivity index (χ4v) is 2.21. The summed E-state index contributed by atoms with van der Waals surface area (Å²) in [6, 6.07) is 0. The molecular formula is C10H12ClN5O2S. The van der Waals surface area contributed by atoms with Crippen LogP contribution in [-0.2, 0) is 6.54 Å². The highest BCUT2D eigenvalue weighted by Crippen LogP contribution is 2.18. The molecule has 0 atom stereocenters. The Morgan fingerprint density at radius 1 is 1.53 bits per heavy atom. The highest BCUT2D eigenvalue weighted by molar-refractivity contribution is 7.10. The zero-order valence-corrected chi connectivity index (χ0v) is 11.7. The third kappa shape index (κ3) is 3.21. The van der Waals surface area contributed by atoms with Gasteiger partial charge in [-0.25, -0.2) is 4.79 Å². The average Bonchev–Trinajstić information content (AvgIpc) is 2.81. The molecule has 9 heteroatoms. The number of anilines is 1. The summed E-state index contributed by atoms with van der Waals surface area (Å²) < 4.78 is 5.14. The summed E-state index contributed by atoms with van der Waals surface area (Å²) in [6.45, 7) is 3.06. The first-order chi connectivity index (χ1) is 9.11. The molecule has 0 saturated carbocycles. The number of nitrogens with zero attached hydrogens (tertiary/aromatic N) is 3. The summed E-state index contributed by atoms with van der Waals surface area (Å²) in [5.74, 6) is 0. The number of aromatic nitrogens is 4. The monoisotopic (exact) mass is 301 g/mol. The van der Waals surface area contributed by atoms with Gasteiger partial charge in [0.25, 0.3) is 5.56 Å². The van der Waals surface area contributed by atoms with E-state index in [1.54, 1.807) is 0 Å². The summed E-state index contributed by atoms with van der Waals surface area (Å²) in [7, 11) is 0. The standard InChI is InChI=1S/C10H12ClN5O2S/c1-2-3-12-9-7(14-15-19-9)5-16-4-6(11)8(17)13-10(16)18/h4,12H,2-3,5H2,1H3,(H,13,17,18). The van der Waals surface area contributed by atoms with Crippen molar-refractivity contribution < 1.29 is 0 Å². The van der Waals surface area contributed by atoms with Crippen LogP contribution in [0.25, 0.3) is 0 Å². The molecule has 19 heavy (non-hydrogen) atoms. The van der Waals surface area contributed by atoms with Crippen LogP contribution < -0.4 is 16.6 Å². The van der Waals surface area contributed by atoms with Crippen molar-refractivity contribution in [1.82, 2.24) is 19.1 Å². The lowest BCUT2D eigenvalue weighted by atomic mass is 10.4. The Kier molecular flexibility index (Phi) is 4.33. The van der Waals surface area contributed by atoms with Gasteiger partial charge in [0.2, 0.25) is 0 Å². The Labute approximate surface area is 117 Å². The van der Waals surface area contributed by atoms with Crippen LogP contribution in [0, 0.1) is 0 Å². The molecule has 0 aliphatic rings. The van der Waals surface area contributed by atoms with Crippen molar-refractivity contribution in [2.24, 2.45) is 0 Å². The molecule has 0 fully saturated rings. The lowest BCUT2D eigenvalue weighted by molar-refractivity contribution is 0.703. The second-order valence-electron chi connectivity index (χ2n) is 3.84. The largest absolute Gasteiger partial charge is 0.374 e. The summed E-state index contributed by atoms with van der Waals surface area (Å²) in [6.07, 6.45) is 2.27.